The van der Waals surface area contributed by atoms with Crippen LogP contribution in [0.25, 0.3) is 54.5 Å². The summed E-state index contributed by atoms with van der Waals surface area (Å²) < 4.78 is 114. The molecule has 0 saturated heterocycles. The molecule has 10 heterocycles. The van der Waals surface area contributed by atoms with Crippen LogP contribution in [-0.4, -0.2) is 160 Å². The third-order valence-corrected chi connectivity index (χ3v) is 26.4. The Kier molecular flexibility index (Phi) is 28.9. The number of alkyl halides is 4. The molecular formula is C100H88Br3Cl3F6N10O11. The second-order valence-electron chi connectivity index (χ2n) is 32.0. The summed E-state index contributed by atoms with van der Waals surface area (Å²) in [6.07, 6.45) is -3.00. The van der Waals surface area contributed by atoms with Gasteiger partial charge in [-0.1, -0.05) is 138 Å². The van der Waals surface area contributed by atoms with Crippen LogP contribution in [0.2, 0.25) is 10.0 Å². The highest BCUT2D eigenvalue weighted by Crippen LogP contribution is 2.47. The Hall–Kier alpha value is -12.1. The van der Waals surface area contributed by atoms with E-state index in [2.05, 4.69) is 103 Å². The largest absolute Gasteiger partial charge is 0.497 e. The molecule has 20 rings (SSSR count). The van der Waals surface area contributed by atoms with Crippen LogP contribution in [0, 0.1) is 17.5 Å². The van der Waals surface area contributed by atoms with Crippen molar-refractivity contribution in [1.29, 1.82) is 0 Å². The second kappa shape index (κ2) is 40.8. The molecule has 33 heteroatoms. The Balaban J connectivity index is 0.000000121. The van der Waals surface area contributed by atoms with E-state index >= 15 is 0 Å². The number of halogens is 12. The third kappa shape index (κ3) is 19.8. The molecule has 10 aromatic carbocycles. The molecule has 0 bridgehead atoms. The number of ether oxygens (including phenoxy) is 6. The molecule has 133 heavy (non-hydrogen) atoms. The van der Waals surface area contributed by atoms with E-state index in [0.717, 1.165) is 162 Å². The average Bonchev–Trinajstić information content (AvgIpc) is 1.61. The highest BCUT2D eigenvalue weighted by atomic mass is 79.9. The van der Waals surface area contributed by atoms with Gasteiger partial charge in [0.15, 0.2) is 0 Å². The number of hydrogen-bond donors (Lipinski definition) is 5. The molecule has 5 aromatic heterocycles. The SMILES string of the molecule is CCOC(=O)N1CCc2c([nH]c3ccc(Br)cc23)C1c1cc(F)cc(F)c1.CCOC(=O)N1CCc2c([nH]c3ccc(Br)cc23)C1c1ccc(F)cc1.COC(=O)N1CCc2c([nH]c3ccc(Br)cc23)C1c1ccccc1.COC(=O)N1CCc2c([nH]c3ccc(Cl)cc23)C1c1ccc(C(F)(F)F)cc1.COc1ccc(C2c3[nH]c4ccc(Cl)cc4c3CCN2C(=O)OCCCl)cc1. The van der Waals surface area contributed by atoms with E-state index in [1.165, 1.54) is 82.5 Å². The number of aromatic amines is 5. The number of H-pyrrole nitrogens is 5. The van der Waals surface area contributed by atoms with Crippen molar-refractivity contribution in [2.24, 2.45) is 0 Å². The minimum atomic E-state index is -4.42. The number of benzene rings is 10. The molecule has 5 unspecified atom stereocenters. The van der Waals surface area contributed by atoms with Crippen molar-refractivity contribution < 1.29 is 78.7 Å². The van der Waals surface area contributed by atoms with Gasteiger partial charge in [0.05, 0.1) is 46.0 Å². The number of methoxy groups -OCH3 is 3. The summed E-state index contributed by atoms with van der Waals surface area (Å²) in [7, 11) is 4.35. The van der Waals surface area contributed by atoms with Gasteiger partial charge in [0.25, 0.3) is 0 Å². The molecule has 0 spiro atoms. The summed E-state index contributed by atoms with van der Waals surface area (Å²) in [6.45, 7) is 6.76. The van der Waals surface area contributed by atoms with Crippen LogP contribution in [0.15, 0.2) is 226 Å². The van der Waals surface area contributed by atoms with Gasteiger partial charge in [0.2, 0.25) is 0 Å². The van der Waals surface area contributed by atoms with Crippen LogP contribution >= 0.6 is 82.6 Å². The lowest BCUT2D eigenvalue weighted by atomic mass is 9.92. The Morgan fingerprint density at radius 3 is 1.01 bits per heavy atom. The molecular weight excluding hydrogens is 1980 g/mol. The number of carbonyl (C=O) groups excluding carboxylic acids is 5. The zero-order chi connectivity index (χ0) is 93.8. The maximum Gasteiger partial charge on any atom is 0.416 e. The Labute approximate surface area is 800 Å². The number of fused-ring (bicyclic) bond motifs is 15. The minimum absolute atomic E-state index is 0.159. The van der Waals surface area contributed by atoms with Gasteiger partial charge in [-0.2, -0.15) is 13.2 Å². The third-order valence-electron chi connectivity index (χ3n) is 24.3. The van der Waals surface area contributed by atoms with E-state index in [9.17, 15) is 50.3 Å². The summed E-state index contributed by atoms with van der Waals surface area (Å²) in [5.74, 6) is -0.629. The van der Waals surface area contributed by atoms with Gasteiger partial charge in [0.1, 0.15) is 60.0 Å². The highest BCUT2D eigenvalue weighted by molar-refractivity contribution is 9.11. The van der Waals surface area contributed by atoms with Crippen LogP contribution in [0.1, 0.15) is 134 Å². The number of nitrogens with one attached hydrogen (secondary N) is 5. The first-order valence-corrected chi connectivity index (χ1v) is 46.5. The molecule has 0 fully saturated rings. The Morgan fingerprint density at radius 2 is 0.677 bits per heavy atom. The first-order valence-electron chi connectivity index (χ1n) is 42.8. The van der Waals surface area contributed by atoms with E-state index < -0.39 is 47.6 Å². The number of carbonyl (C=O) groups is 5. The van der Waals surface area contributed by atoms with Gasteiger partial charge in [-0.05, 0) is 241 Å². The summed E-state index contributed by atoms with van der Waals surface area (Å²) in [4.78, 5) is 87.9. The molecule has 5 atom stereocenters. The predicted molar refractivity (Wildman–Crippen MR) is 510 cm³/mol. The second-order valence-corrected chi connectivity index (χ2v) is 36.0. The van der Waals surface area contributed by atoms with Crippen molar-refractivity contribution in [2.45, 2.75) is 82.3 Å². The number of aromatic nitrogens is 5. The lowest BCUT2D eigenvalue weighted by molar-refractivity contribution is -0.137. The average molecular weight is 2070 g/mol. The monoisotopic (exact) mass is 2060 g/mol. The Morgan fingerprint density at radius 1 is 0.368 bits per heavy atom. The number of amides is 5. The van der Waals surface area contributed by atoms with E-state index in [-0.39, 0.29) is 61.3 Å². The van der Waals surface area contributed by atoms with Crippen molar-refractivity contribution in [3.63, 3.8) is 0 Å². The summed E-state index contributed by atoms with van der Waals surface area (Å²) in [5.41, 5.74) is 18.2. The number of nitrogens with zero attached hydrogens (tertiary/aromatic N) is 5. The van der Waals surface area contributed by atoms with Gasteiger partial charge >= 0.3 is 36.6 Å². The van der Waals surface area contributed by atoms with Gasteiger partial charge in [-0.25, -0.2) is 37.1 Å². The first kappa shape index (κ1) is 94.1. The fourth-order valence-corrected chi connectivity index (χ4v) is 20.0. The van der Waals surface area contributed by atoms with E-state index in [4.69, 9.17) is 63.2 Å². The molecule has 0 radical (unpaired) electrons. The van der Waals surface area contributed by atoms with Gasteiger partial charge in [0, 0.05) is 145 Å². The van der Waals surface area contributed by atoms with Crippen LogP contribution < -0.4 is 4.74 Å². The van der Waals surface area contributed by atoms with Crippen molar-refractivity contribution in [1.82, 2.24) is 49.4 Å². The Bertz CT molecular complexity index is 6820. The van der Waals surface area contributed by atoms with Crippen molar-refractivity contribution in [3.8, 4) is 5.75 Å². The number of hydrogen-bond acceptors (Lipinski definition) is 11. The predicted octanol–water partition coefficient (Wildman–Crippen LogP) is 25.8. The fourth-order valence-electron chi connectivity index (χ4n) is 18.5. The molecule has 0 saturated carbocycles. The molecule has 21 nitrogen and oxygen atoms in total. The molecule has 5 amide bonds. The molecule has 15 aromatic rings. The molecule has 5 N–H and O–H groups in total. The van der Waals surface area contributed by atoms with Gasteiger partial charge in [-0.3, -0.25) is 24.5 Å². The molecule has 688 valence electrons. The maximum atomic E-state index is 13.9. The summed E-state index contributed by atoms with van der Waals surface area (Å²) in [5, 5.41) is 6.72. The quantitative estimate of drug-likeness (QED) is 0.0490. The lowest BCUT2D eigenvalue weighted by Crippen LogP contribution is -2.41. The molecule has 5 aliphatic rings. The van der Waals surface area contributed by atoms with Crippen LogP contribution in [0.4, 0.5) is 50.3 Å². The number of rotatable bonds is 10. The molecule has 0 aliphatic carbocycles. The molecule has 5 aliphatic heterocycles. The minimum Gasteiger partial charge on any atom is -0.497 e. The summed E-state index contributed by atoms with van der Waals surface area (Å²) in [6, 6.07) is 59.8. The maximum absolute atomic E-state index is 13.9. The van der Waals surface area contributed by atoms with Crippen molar-refractivity contribution in [3.05, 3.63) is 343 Å². The lowest BCUT2D eigenvalue weighted by Gasteiger charge is -2.35. The normalized spacial score (nSPS) is 16.6. The van der Waals surface area contributed by atoms with Crippen molar-refractivity contribution in [2.75, 3.05) is 79.8 Å². The standard InChI is InChI=1S/C21H20Cl2N2O3.C20H17BrF2N2O2.C20H18BrFN2O2.C20H16ClF3N2O2.C19H17BrN2O2/c1-27-15-5-2-13(3-6-15)20-19-16(8-10-25(20)21(26)28-11-9-22)17-12-14(23)4-7-18(17)24-19;1-2-27-20(26)25-6-5-15-16-9-12(21)3-4-17(16)24-18(15)19(25)11-7-13(22)10-14(23)8-11;1-2-26-20(25)24-10-9-15-16-11-13(21)5-8-17(16)23-18(15)19(24)12-3-6-14(22)7-4-12;1-28-19(27)26-9-8-14-15-10-13(21)6-7-16(15)25-17(14)18(26)11-2-4-12(5-3-11)20(22,23)24;1-24-19(23)22-10-9-14-15-11-13(20)7-8-16(15)21-17(14)18(22)12-5-3-2-4-6-12/h2-7,12,20,24H,8-11H2,1H3;3-4,7-10,19,24H,2,5-6H2,1H3;3-8,11,19,23H,2,9-10H2,1H3;2-7,10,18,25H,8-9H2,1H3;2-8,11,18,21H,9-10H2,1H3. The van der Waals surface area contributed by atoms with Crippen LogP contribution in [0.5, 0.6) is 5.75 Å². The van der Waals surface area contributed by atoms with E-state index in [1.54, 1.807) is 53.9 Å². The van der Waals surface area contributed by atoms with Crippen LogP contribution in [0.3, 0.4) is 0 Å². The first-order chi connectivity index (χ1) is 64.1. The fraction of sp³-hybridized carbons (Fsp3) is 0.250. The zero-order valence-corrected chi connectivity index (χ0v) is 79.3. The van der Waals surface area contributed by atoms with Crippen molar-refractivity contribution >= 4 is 168 Å². The smallest absolute Gasteiger partial charge is 0.416 e. The van der Waals surface area contributed by atoms with E-state index in [0.29, 0.717) is 73.3 Å². The van der Waals surface area contributed by atoms with E-state index in [1.807, 2.05) is 109 Å². The van der Waals surface area contributed by atoms with Crippen LogP contribution in [-0.2, 0) is 62.0 Å². The zero-order valence-electron chi connectivity index (χ0n) is 72.3. The highest BCUT2D eigenvalue weighted by Gasteiger charge is 2.42. The van der Waals surface area contributed by atoms with Gasteiger partial charge in [-0.15, -0.1) is 11.6 Å². The van der Waals surface area contributed by atoms with Gasteiger partial charge < -0.3 is 53.3 Å². The summed E-state index contributed by atoms with van der Waals surface area (Å²) >= 11 is 28.6. The topological polar surface area (TPSA) is 236 Å².